The Labute approximate surface area is 98.7 Å². The molecule has 0 unspecified atom stereocenters. The number of aliphatic hydroxyl groups is 1. The Morgan fingerprint density at radius 2 is 1.94 bits per heavy atom. The van der Waals surface area contributed by atoms with Gasteiger partial charge in [0.15, 0.2) is 0 Å². The van der Waals surface area contributed by atoms with E-state index in [0.29, 0.717) is 0 Å². The van der Waals surface area contributed by atoms with E-state index >= 15 is 0 Å². The molecule has 1 aliphatic heterocycles. The molecule has 1 saturated carbocycles. The quantitative estimate of drug-likeness (QED) is 0.684. The molecule has 0 aromatic rings. The Kier molecular flexibility index (Phi) is 4.38. The zero-order chi connectivity index (χ0) is 11.4. The van der Waals surface area contributed by atoms with Crippen LogP contribution in [0.2, 0.25) is 0 Å². The molecule has 1 aliphatic carbocycles. The van der Waals surface area contributed by atoms with Crippen LogP contribution in [-0.4, -0.2) is 59.8 Å². The van der Waals surface area contributed by atoms with Gasteiger partial charge in [-0.3, -0.25) is 9.80 Å². The summed E-state index contributed by atoms with van der Waals surface area (Å²) in [6, 6.07) is 0.896. The second-order valence-electron chi connectivity index (χ2n) is 5.09. The second kappa shape index (κ2) is 5.80. The fourth-order valence-corrected chi connectivity index (χ4v) is 2.45. The van der Waals surface area contributed by atoms with Crippen LogP contribution in [0.3, 0.4) is 0 Å². The number of nitrogens with zero attached hydrogens (tertiary/aromatic N) is 2. The molecule has 1 N–H and O–H groups in total. The number of hydrogen-bond donors (Lipinski definition) is 1. The number of allylic oxidation sites excluding steroid dienone is 1. The van der Waals surface area contributed by atoms with Crippen LogP contribution in [0.5, 0.6) is 0 Å². The molecule has 2 aliphatic rings. The highest BCUT2D eigenvalue weighted by Crippen LogP contribution is 2.27. The zero-order valence-corrected chi connectivity index (χ0v) is 10.1. The largest absolute Gasteiger partial charge is 0.392 e. The fourth-order valence-electron chi connectivity index (χ4n) is 2.45. The van der Waals surface area contributed by atoms with E-state index in [1.165, 1.54) is 25.9 Å². The van der Waals surface area contributed by atoms with Crippen molar-refractivity contribution in [2.75, 3.05) is 32.7 Å². The van der Waals surface area contributed by atoms with Gasteiger partial charge in [0.1, 0.15) is 0 Å². The Bertz CT molecular complexity index is 220. The van der Waals surface area contributed by atoms with Crippen LogP contribution < -0.4 is 0 Å². The van der Waals surface area contributed by atoms with Crippen molar-refractivity contribution >= 4 is 0 Å². The van der Waals surface area contributed by atoms with Crippen molar-refractivity contribution in [2.45, 2.75) is 37.8 Å². The molecule has 2 fully saturated rings. The van der Waals surface area contributed by atoms with Crippen LogP contribution in [-0.2, 0) is 0 Å². The van der Waals surface area contributed by atoms with Crippen LogP contribution >= 0.6 is 0 Å². The lowest BCUT2D eigenvalue weighted by Crippen LogP contribution is -2.49. The predicted octanol–water partition coefficient (Wildman–Crippen LogP) is 1.09. The van der Waals surface area contributed by atoms with E-state index in [-0.39, 0.29) is 6.10 Å². The molecule has 0 bridgehead atoms. The average molecular weight is 224 g/mol. The molecule has 0 aromatic heterocycles. The lowest BCUT2D eigenvalue weighted by molar-refractivity contribution is 0.0668. The van der Waals surface area contributed by atoms with Gasteiger partial charge in [-0.15, -0.1) is 6.58 Å². The van der Waals surface area contributed by atoms with E-state index in [4.69, 9.17) is 0 Å². The first-order chi connectivity index (χ1) is 7.79. The predicted molar refractivity (Wildman–Crippen MR) is 66.5 cm³/mol. The summed E-state index contributed by atoms with van der Waals surface area (Å²) >= 11 is 0. The monoisotopic (exact) mass is 224 g/mol. The fraction of sp³-hybridized carbons (Fsp3) is 0.846. The van der Waals surface area contributed by atoms with Gasteiger partial charge in [0.05, 0.1) is 6.10 Å². The van der Waals surface area contributed by atoms with Gasteiger partial charge in [0, 0.05) is 38.8 Å². The van der Waals surface area contributed by atoms with Gasteiger partial charge in [-0.2, -0.15) is 0 Å². The molecule has 0 radical (unpaired) electrons. The third kappa shape index (κ3) is 3.58. The van der Waals surface area contributed by atoms with Crippen molar-refractivity contribution in [3.8, 4) is 0 Å². The molecule has 1 saturated heterocycles. The lowest BCUT2D eigenvalue weighted by atomic mass is 10.1. The maximum absolute atomic E-state index is 9.82. The van der Waals surface area contributed by atoms with Crippen LogP contribution in [0.4, 0.5) is 0 Å². The number of β-amino-alcohol motifs (C(OH)–C–C–N with tert-alkyl or cyclic N) is 1. The van der Waals surface area contributed by atoms with Crippen LogP contribution in [0.25, 0.3) is 0 Å². The van der Waals surface area contributed by atoms with Crippen molar-refractivity contribution in [3.05, 3.63) is 12.7 Å². The van der Waals surface area contributed by atoms with Gasteiger partial charge in [-0.25, -0.2) is 0 Å². The van der Waals surface area contributed by atoms with Gasteiger partial charge in [-0.05, 0) is 25.7 Å². The minimum atomic E-state index is -0.175. The molecule has 3 heteroatoms. The van der Waals surface area contributed by atoms with Crippen molar-refractivity contribution in [3.63, 3.8) is 0 Å². The summed E-state index contributed by atoms with van der Waals surface area (Å²) in [6.45, 7) is 9.16. The Hall–Kier alpha value is -0.380. The first-order valence-corrected chi connectivity index (χ1v) is 6.55. The van der Waals surface area contributed by atoms with Gasteiger partial charge in [-0.1, -0.05) is 6.08 Å². The van der Waals surface area contributed by atoms with Crippen molar-refractivity contribution in [1.82, 2.24) is 9.80 Å². The normalized spacial score (nSPS) is 25.6. The van der Waals surface area contributed by atoms with E-state index in [0.717, 1.165) is 38.5 Å². The Balaban J connectivity index is 1.62. The van der Waals surface area contributed by atoms with E-state index < -0.39 is 0 Å². The van der Waals surface area contributed by atoms with E-state index in [1.807, 2.05) is 6.08 Å². The van der Waals surface area contributed by atoms with Gasteiger partial charge in [0.25, 0.3) is 0 Å². The topological polar surface area (TPSA) is 26.7 Å². The summed E-state index contributed by atoms with van der Waals surface area (Å²) in [5, 5.41) is 9.82. The molecule has 0 amide bonds. The van der Waals surface area contributed by atoms with Gasteiger partial charge < -0.3 is 5.11 Å². The molecular formula is C13H24N2O. The first-order valence-electron chi connectivity index (χ1n) is 6.55. The molecule has 1 atom stereocenters. The Morgan fingerprint density at radius 3 is 2.50 bits per heavy atom. The van der Waals surface area contributed by atoms with Crippen LogP contribution in [0, 0.1) is 0 Å². The average Bonchev–Trinajstić information content (AvgIpc) is 3.11. The summed E-state index contributed by atoms with van der Waals surface area (Å²) in [4.78, 5) is 5.00. The van der Waals surface area contributed by atoms with Crippen molar-refractivity contribution < 1.29 is 5.11 Å². The number of rotatable bonds is 6. The number of piperazine rings is 1. The third-order valence-electron chi connectivity index (χ3n) is 3.64. The molecule has 3 nitrogen and oxygen atoms in total. The summed E-state index contributed by atoms with van der Waals surface area (Å²) < 4.78 is 0. The minimum absolute atomic E-state index is 0.175. The second-order valence-corrected chi connectivity index (χ2v) is 5.09. The van der Waals surface area contributed by atoms with Gasteiger partial charge in [0.2, 0.25) is 0 Å². The molecular weight excluding hydrogens is 200 g/mol. The highest BCUT2D eigenvalue weighted by Gasteiger charge is 2.31. The highest BCUT2D eigenvalue weighted by atomic mass is 16.3. The third-order valence-corrected chi connectivity index (χ3v) is 3.64. The summed E-state index contributed by atoms with van der Waals surface area (Å²) in [5.74, 6) is 0. The Morgan fingerprint density at radius 1 is 1.25 bits per heavy atom. The summed E-state index contributed by atoms with van der Waals surface area (Å²) in [6.07, 6.45) is 6.29. The van der Waals surface area contributed by atoms with E-state index in [1.54, 1.807) is 0 Å². The smallest absolute Gasteiger partial charge is 0.0670 e. The maximum atomic E-state index is 9.82. The SMILES string of the molecule is C=CCC[C@@H](O)CN1CCN(C2CC2)CC1. The molecule has 1 heterocycles. The minimum Gasteiger partial charge on any atom is -0.392 e. The number of aliphatic hydroxyl groups excluding tert-OH is 1. The van der Waals surface area contributed by atoms with Crippen LogP contribution in [0.1, 0.15) is 25.7 Å². The molecule has 0 spiro atoms. The van der Waals surface area contributed by atoms with Crippen molar-refractivity contribution in [1.29, 1.82) is 0 Å². The molecule has 92 valence electrons. The van der Waals surface area contributed by atoms with Crippen molar-refractivity contribution in [2.24, 2.45) is 0 Å². The maximum Gasteiger partial charge on any atom is 0.0670 e. The van der Waals surface area contributed by atoms with Crippen LogP contribution in [0.15, 0.2) is 12.7 Å². The van der Waals surface area contributed by atoms with E-state index in [2.05, 4.69) is 16.4 Å². The summed E-state index contributed by atoms with van der Waals surface area (Å²) in [7, 11) is 0. The molecule has 2 rings (SSSR count). The molecule has 0 aromatic carbocycles. The van der Waals surface area contributed by atoms with E-state index in [9.17, 15) is 5.11 Å². The highest BCUT2D eigenvalue weighted by molar-refractivity contribution is 4.87. The standard InChI is InChI=1S/C13H24N2O/c1-2-3-4-13(16)11-14-7-9-15(10-8-14)12-5-6-12/h2,12-13,16H,1,3-11H2/t13-/m1/s1. The lowest BCUT2D eigenvalue weighted by Gasteiger charge is -2.35. The zero-order valence-electron chi connectivity index (χ0n) is 10.1. The molecule has 16 heavy (non-hydrogen) atoms. The summed E-state index contributed by atoms with van der Waals surface area (Å²) in [5.41, 5.74) is 0. The first kappa shape index (κ1) is 12.1. The number of hydrogen-bond acceptors (Lipinski definition) is 3. The van der Waals surface area contributed by atoms with Gasteiger partial charge >= 0.3 is 0 Å².